The van der Waals surface area contributed by atoms with Crippen LogP contribution in [-0.2, 0) is 6.42 Å². The van der Waals surface area contributed by atoms with Gasteiger partial charge in [0.1, 0.15) is 22.5 Å². The van der Waals surface area contributed by atoms with Crippen molar-refractivity contribution in [3.8, 4) is 11.4 Å². The highest BCUT2D eigenvalue weighted by Gasteiger charge is 2.14. The Morgan fingerprint density at radius 1 is 1.20 bits per heavy atom. The number of nitrogens with one attached hydrogen (secondary N) is 1. The van der Waals surface area contributed by atoms with E-state index in [0.29, 0.717) is 40.8 Å². The van der Waals surface area contributed by atoms with Gasteiger partial charge in [-0.2, -0.15) is 0 Å². The van der Waals surface area contributed by atoms with Crippen molar-refractivity contribution in [2.45, 2.75) is 20.3 Å². The number of aromatic hydroxyl groups is 1. The van der Waals surface area contributed by atoms with Crippen molar-refractivity contribution in [3.63, 3.8) is 0 Å². The first-order valence-corrected chi connectivity index (χ1v) is 8.12. The molecule has 3 aromatic rings. The molecule has 2 aromatic carbocycles. The number of benzene rings is 2. The van der Waals surface area contributed by atoms with Gasteiger partial charge in [-0.25, -0.2) is 0 Å². The van der Waals surface area contributed by atoms with Crippen LogP contribution in [0.4, 0.5) is 0 Å². The summed E-state index contributed by atoms with van der Waals surface area (Å²) in [6.07, 6.45) is 0.482. The van der Waals surface area contributed by atoms with Crippen LogP contribution in [0.15, 0.2) is 30.3 Å². The van der Waals surface area contributed by atoms with Gasteiger partial charge < -0.3 is 15.5 Å². The first kappa shape index (κ1) is 16.9. The van der Waals surface area contributed by atoms with Crippen LogP contribution >= 0.6 is 0 Å². The van der Waals surface area contributed by atoms with Crippen molar-refractivity contribution >= 4 is 16.9 Å². The zero-order valence-electron chi connectivity index (χ0n) is 14.2. The Morgan fingerprint density at radius 3 is 2.68 bits per heavy atom. The van der Waals surface area contributed by atoms with Crippen molar-refractivity contribution in [3.05, 3.63) is 47.0 Å². The molecular formula is C18H20N4O3. The lowest BCUT2D eigenvalue weighted by molar-refractivity contribution is 0.0956. The molecule has 1 aromatic heterocycles. The Labute approximate surface area is 144 Å². The van der Waals surface area contributed by atoms with E-state index >= 15 is 0 Å². The Kier molecular flexibility index (Phi) is 4.67. The smallest absolute Gasteiger partial charge is 0.251 e. The number of phenols is 1. The molecule has 0 aliphatic heterocycles. The molecule has 130 valence electrons. The summed E-state index contributed by atoms with van der Waals surface area (Å²) in [6.45, 7) is 4.22. The van der Waals surface area contributed by atoms with Gasteiger partial charge >= 0.3 is 0 Å². The number of hydrogen-bond donors (Lipinski definition) is 3. The fourth-order valence-corrected chi connectivity index (χ4v) is 2.69. The molecule has 0 bridgehead atoms. The van der Waals surface area contributed by atoms with Crippen LogP contribution in [0.25, 0.3) is 16.7 Å². The summed E-state index contributed by atoms with van der Waals surface area (Å²) in [5.41, 5.74) is 3.71. The second-order valence-corrected chi connectivity index (χ2v) is 5.81. The fourth-order valence-electron chi connectivity index (χ4n) is 2.69. The van der Waals surface area contributed by atoms with Crippen molar-refractivity contribution in [2.24, 2.45) is 0 Å². The zero-order chi connectivity index (χ0) is 18.0. The Balaban J connectivity index is 2.06. The number of fused-ring (bicyclic) bond motifs is 1. The molecule has 7 nitrogen and oxygen atoms in total. The first-order chi connectivity index (χ1) is 12.0. The summed E-state index contributed by atoms with van der Waals surface area (Å²) in [7, 11) is 0. The van der Waals surface area contributed by atoms with Crippen LogP contribution < -0.4 is 5.32 Å². The number of aryl methyl sites for hydroxylation is 1. The van der Waals surface area contributed by atoms with Crippen LogP contribution in [0.2, 0.25) is 0 Å². The van der Waals surface area contributed by atoms with Crippen molar-refractivity contribution in [1.29, 1.82) is 0 Å². The molecule has 3 N–H and O–H groups in total. The average molecular weight is 340 g/mol. The Hall–Kier alpha value is -2.93. The number of amides is 1. The van der Waals surface area contributed by atoms with Gasteiger partial charge in [-0.3, -0.25) is 4.79 Å². The highest BCUT2D eigenvalue weighted by molar-refractivity contribution is 5.97. The highest BCUT2D eigenvalue weighted by atomic mass is 16.3. The molecule has 0 saturated heterocycles. The molecule has 0 saturated carbocycles. The van der Waals surface area contributed by atoms with Gasteiger partial charge in [0.2, 0.25) is 0 Å². The monoisotopic (exact) mass is 340 g/mol. The average Bonchev–Trinajstić information content (AvgIpc) is 3.01. The molecule has 3 rings (SSSR count). The second kappa shape index (κ2) is 6.90. The molecule has 7 heteroatoms. The molecular weight excluding hydrogens is 320 g/mol. The molecule has 0 atom stereocenters. The normalized spacial score (nSPS) is 11.0. The third kappa shape index (κ3) is 3.32. The lowest BCUT2D eigenvalue weighted by Gasteiger charge is -2.09. The second-order valence-electron chi connectivity index (χ2n) is 5.81. The van der Waals surface area contributed by atoms with Crippen LogP contribution in [0.3, 0.4) is 0 Å². The van der Waals surface area contributed by atoms with E-state index in [9.17, 15) is 9.90 Å². The summed E-state index contributed by atoms with van der Waals surface area (Å²) < 4.78 is 0. The number of aliphatic hydroxyl groups is 1. The van der Waals surface area contributed by atoms with E-state index in [-0.39, 0.29) is 18.3 Å². The lowest BCUT2D eigenvalue weighted by Crippen LogP contribution is -2.22. The molecule has 1 amide bonds. The first-order valence-electron chi connectivity index (χ1n) is 8.12. The molecule has 0 spiro atoms. The maximum absolute atomic E-state index is 12.0. The number of hydrogen-bond acceptors (Lipinski definition) is 5. The van der Waals surface area contributed by atoms with E-state index in [1.807, 2.05) is 13.0 Å². The third-order valence-electron chi connectivity index (χ3n) is 3.94. The van der Waals surface area contributed by atoms with E-state index in [1.165, 1.54) is 4.80 Å². The number of phenolic OH excluding ortho intramolecular Hbond substituents is 1. The largest absolute Gasteiger partial charge is 0.505 e. The van der Waals surface area contributed by atoms with Gasteiger partial charge in [0.25, 0.3) is 5.91 Å². The number of aliphatic hydroxyl groups excluding tert-OH is 1. The SMILES string of the molecule is CCNC(=O)c1ccc2nn(-c3cc(CCO)cc(C)c3O)nc2c1. The summed E-state index contributed by atoms with van der Waals surface area (Å²) in [6, 6.07) is 8.67. The van der Waals surface area contributed by atoms with Crippen molar-refractivity contribution in [2.75, 3.05) is 13.2 Å². The third-order valence-corrected chi connectivity index (χ3v) is 3.94. The highest BCUT2D eigenvalue weighted by Crippen LogP contribution is 2.27. The zero-order valence-corrected chi connectivity index (χ0v) is 14.2. The standard InChI is InChI=1S/C18H20N4O3/c1-3-19-18(25)13-4-5-14-15(10-13)21-22(20-14)16-9-12(6-7-23)8-11(2)17(16)24/h4-5,8-10,23-24H,3,6-7H2,1-2H3,(H,19,25). The van der Waals surface area contributed by atoms with E-state index in [1.54, 1.807) is 31.2 Å². The minimum Gasteiger partial charge on any atom is -0.505 e. The summed E-state index contributed by atoms with van der Waals surface area (Å²) in [5.74, 6) is -0.0754. The summed E-state index contributed by atoms with van der Waals surface area (Å²) >= 11 is 0. The predicted octanol–water partition coefficient (Wildman–Crippen LogP) is 1.72. The van der Waals surface area contributed by atoms with E-state index < -0.39 is 0 Å². The molecule has 0 aliphatic carbocycles. The number of rotatable bonds is 5. The molecule has 0 radical (unpaired) electrons. The summed E-state index contributed by atoms with van der Waals surface area (Å²) in [5, 5.41) is 31.0. The lowest BCUT2D eigenvalue weighted by atomic mass is 10.1. The van der Waals surface area contributed by atoms with Crippen LogP contribution in [0, 0.1) is 6.92 Å². The topological polar surface area (TPSA) is 100 Å². The van der Waals surface area contributed by atoms with Gasteiger partial charge in [0.05, 0.1) is 0 Å². The van der Waals surface area contributed by atoms with E-state index in [4.69, 9.17) is 5.11 Å². The molecule has 0 unspecified atom stereocenters. The van der Waals surface area contributed by atoms with E-state index in [0.717, 1.165) is 5.56 Å². The molecule has 0 aliphatic rings. The van der Waals surface area contributed by atoms with Gasteiger partial charge in [-0.15, -0.1) is 15.0 Å². The maximum atomic E-state index is 12.0. The van der Waals surface area contributed by atoms with Crippen molar-refractivity contribution < 1.29 is 15.0 Å². The van der Waals surface area contributed by atoms with Crippen LogP contribution in [0.1, 0.15) is 28.4 Å². The Bertz CT molecular complexity index is 933. The number of carbonyl (C=O) groups excluding carboxylic acids is 1. The molecule has 25 heavy (non-hydrogen) atoms. The van der Waals surface area contributed by atoms with Crippen molar-refractivity contribution in [1.82, 2.24) is 20.3 Å². The van der Waals surface area contributed by atoms with Gasteiger partial charge in [-0.1, -0.05) is 6.07 Å². The van der Waals surface area contributed by atoms with Gasteiger partial charge in [0.15, 0.2) is 0 Å². The number of carbonyl (C=O) groups is 1. The molecule has 0 fully saturated rings. The minimum atomic E-state index is -0.164. The summed E-state index contributed by atoms with van der Waals surface area (Å²) in [4.78, 5) is 13.3. The maximum Gasteiger partial charge on any atom is 0.251 e. The predicted molar refractivity (Wildman–Crippen MR) is 94.1 cm³/mol. The van der Waals surface area contributed by atoms with Gasteiger partial charge in [-0.05, 0) is 55.7 Å². The van der Waals surface area contributed by atoms with Crippen LogP contribution in [-0.4, -0.2) is 44.3 Å². The van der Waals surface area contributed by atoms with E-state index in [2.05, 4.69) is 15.5 Å². The van der Waals surface area contributed by atoms with Gasteiger partial charge in [0, 0.05) is 18.7 Å². The Morgan fingerprint density at radius 2 is 1.96 bits per heavy atom. The molecule has 1 heterocycles. The van der Waals surface area contributed by atoms with Crippen LogP contribution in [0.5, 0.6) is 5.75 Å². The fraction of sp³-hybridized carbons (Fsp3) is 0.278. The number of aromatic nitrogens is 3. The number of nitrogens with zero attached hydrogens (tertiary/aromatic N) is 3. The quantitative estimate of drug-likeness (QED) is 0.657. The minimum absolute atomic E-state index is 0.0219.